The van der Waals surface area contributed by atoms with E-state index in [1.54, 1.807) is 48.5 Å². The number of ether oxygens (including phenoxy) is 1. The summed E-state index contributed by atoms with van der Waals surface area (Å²) in [6, 6.07) is 15.4. The number of aliphatic hydroxyl groups excluding tert-OH is 1. The van der Waals surface area contributed by atoms with Crippen LogP contribution in [0.5, 0.6) is 5.75 Å². The number of halogens is 3. The minimum atomic E-state index is -0.834. The fourth-order valence-corrected chi connectivity index (χ4v) is 5.17. The predicted molar refractivity (Wildman–Crippen MR) is 152 cm³/mol. The molecule has 4 rings (SSSR count). The third-order valence-electron chi connectivity index (χ3n) is 7.55. The Hall–Kier alpha value is -3.31. The van der Waals surface area contributed by atoms with Crippen molar-refractivity contribution in [2.45, 2.75) is 64.4 Å². The standard InChI is InChI=1S/C34H37F3O2/c1-3-5-21-39-32-20-18-28(22-30(32)35)24-10-7-23(8-11-24)9-12-27-17-19-29(34(37)33(27)36)25-13-15-26(16-14-25)31(38)6-4-2/h3,10,13-20,22-23,31,38H,1,4-9,11-12,21H2,2H3. The van der Waals surface area contributed by atoms with Crippen molar-refractivity contribution >= 4 is 5.57 Å². The van der Waals surface area contributed by atoms with Crippen molar-refractivity contribution in [1.82, 2.24) is 0 Å². The third kappa shape index (κ3) is 7.21. The summed E-state index contributed by atoms with van der Waals surface area (Å²) in [5, 5.41) is 10.2. The molecule has 0 radical (unpaired) electrons. The zero-order valence-electron chi connectivity index (χ0n) is 22.6. The summed E-state index contributed by atoms with van der Waals surface area (Å²) >= 11 is 0. The van der Waals surface area contributed by atoms with Gasteiger partial charge < -0.3 is 9.84 Å². The lowest BCUT2D eigenvalue weighted by Crippen LogP contribution is -2.08. The van der Waals surface area contributed by atoms with E-state index in [9.17, 15) is 13.9 Å². The van der Waals surface area contributed by atoms with Crippen LogP contribution in [0.15, 0.2) is 73.3 Å². The van der Waals surface area contributed by atoms with Crippen molar-refractivity contribution < 1.29 is 23.0 Å². The SMILES string of the molecule is C=CCCOc1ccc(C2=CCC(CCc3ccc(-c4ccc(C(O)CCC)cc4)c(F)c3F)CC2)cc1F. The molecule has 2 atom stereocenters. The maximum absolute atomic E-state index is 15.0. The molecular formula is C34H37F3O2. The van der Waals surface area contributed by atoms with Crippen molar-refractivity contribution in [2.24, 2.45) is 5.92 Å². The molecule has 3 aromatic carbocycles. The fraction of sp³-hybridized carbons (Fsp3) is 0.353. The van der Waals surface area contributed by atoms with Crippen molar-refractivity contribution in [3.63, 3.8) is 0 Å². The molecule has 1 aliphatic carbocycles. The van der Waals surface area contributed by atoms with Crippen molar-refractivity contribution in [3.8, 4) is 16.9 Å². The van der Waals surface area contributed by atoms with Gasteiger partial charge in [0.25, 0.3) is 0 Å². The topological polar surface area (TPSA) is 29.5 Å². The number of hydrogen-bond acceptors (Lipinski definition) is 2. The molecule has 1 aliphatic rings. The van der Waals surface area contributed by atoms with Gasteiger partial charge in [0.15, 0.2) is 23.2 Å². The zero-order valence-corrected chi connectivity index (χ0v) is 22.6. The minimum Gasteiger partial charge on any atom is -0.490 e. The largest absolute Gasteiger partial charge is 0.490 e. The number of benzene rings is 3. The lowest BCUT2D eigenvalue weighted by atomic mass is 9.83. The van der Waals surface area contributed by atoms with E-state index in [0.717, 1.165) is 48.8 Å². The van der Waals surface area contributed by atoms with Crippen LogP contribution in [0, 0.1) is 23.4 Å². The molecule has 0 spiro atoms. The molecule has 0 aliphatic heterocycles. The van der Waals surface area contributed by atoms with Gasteiger partial charge in [0, 0.05) is 5.56 Å². The molecule has 0 saturated carbocycles. The first-order valence-electron chi connectivity index (χ1n) is 13.9. The maximum Gasteiger partial charge on any atom is 0.166 e. The molecule has 0 heterocycles. The predicted octanol–water partition coefficient (Wildman–Crippen LogP) is 9.38. The highest BCUT2D eigenvalue weighted by atomic mass is 19.2. The van der Waals surface area contributed by atoms with Crippen molar-refractivity contribution in [1.29, 1.82) is 0 Å². The van der Waals surface area contributed by atoms with Gasteiger partial charge in [-0.05, 0) is 90.8 Å². The highest BCUT2D eigenvalue weighted by molar-refractivity contribution is 5.67. The Morgan fingerprint density at radius 1 is 1.03 bits per heavy atom. The summed E-state index contributed by atoms with van der Waals surface area (Å²) in [6.07, 6.45) is 9.30. The molecule has 2 unspecified atom stereocenters. The van der Waals surface area contributed by atoms with Gasteiger partial charge in [-0.3, -0.25) is 0 Å². The quantitative estimate of drug-likeness (QED) is 0.185. The van der Waals surface area contributed by atoms with Crippen LogP contribution in [0.1, 0.15) is 74.7 Å². The first-order valence-corrected chi connectivity index (χ1v) is 13.9. The van der Waals surface area contributed by atoms with E-state index < -0.39 is 17.7 Å². The van der Waals surface area contributed by atoms with E-state index in [0.29, 0.717) is 42.9 Å². The van der Waals surface area contributed by atoms with Crippen LogP contribution < -0.4 is 4.74 Å². The van der Waals surface area contributed by atoms with Crippen LogP contribution in [0.25, 0.3) is 16.7 Å². The van der Waals surface area contributed by atoms with Gasteiger partial charge in [-0.2, -0.15) is 0 Å². The molecule has 0 aromatic heterocycles. The summed E-state index contributed by atoms with van der Waals surface area (Å²) in [5.41, 5.74) is 3.94. The smallest absolute Gasteiger partial charge is 0.166 e. The van der Waals surface area contributed by atoms with E-state index >= 15 is 4.39 Å². The number of aryl methyl sites for hydroxylation is 1. The highest BCUT2D eigenvalue weighted by Gasteiger charge is 2.20. The first-order chi connectivity index (χ1) is 18.9. The van der Waals surface area contributed by atoms with Crippen molar-refractivity contribution in [2.75, 3.05) is 6.61 Å². The Morgan fingerprint density at radius 2 is 1.79 bits per heavy atom. The molecule has 2 nitrogen and oxygen atoms in total. The summed E-state index contributed by atoms with van der Waals surface area (Å²) in [5.74, 6) is -1.38. The van der Waals surface area contributed by atoms with E-state index in [2.05, 4.69) is 12.7 Å². The van der Waals surface area contributed by atoms with E-state index in [-0.39, 0.29) is 17.1 Å². The van der Waals surface area contributed by atoms with Crippen LogP contribution in [0.2, 0.25) is 0 Å². The van der Waals surface area contributed by atoms with Gasteiger partial charge >= 0.3 is 0 Å². The van der Waals surface area contributed by atoms with Gasteiger partial charge in [-0.15, -0.1) is 6.58 Å². The first kappa shape index (κ1) is 28.7. The fourth-order valence-electron chi connectivity index (χ4n) is 5.17. The van der Waals surface area contributed by atoms with Gasteiger partial charge in [0.1, 0.15) is 0 Å². The average Bonchev–Trinajstić information content (AvgIpc) is 2.95. The summed E-state index contributed by atoms with van der Waals surface area (Å²) in [6.45, 7) is 6.04. The highest BCUT2D eigenvalue weighted by Crippen LogP contribution is 2.35. The Morgan fingerprint density at radius 3 is 2.46 bits per heavy atom. The molecule has 0 bridgehead atoms. The number of rotatable bonds is 12. The van der Waals surface area contributed by atoms with Crippen LogP contribution in [0.4, 0.5) is 13.2 Å². The lowest BCUT2D eigenvalue weighted by Gasteiger charge is -2.22. The third-order valence-corrected chi connectivity index (χ3v) is 7.55. The van der Waals surface area contributed by atoms with Crippen LogP contribution in [-0.2, 0) is 6.42 Å². The molecule has 3 aromatic rings. The van der Waals surface area contributed by atoms with Gasteiger partial charge in [-0.25, -0.2) is 13.2 Å². The molecule has 1 N–H and O–H groups in total. The zero-order chi connectivity index (χ0) is 27.8. The average molecular weight is 535 g/mol. The number of hydrogen-bond donors (Lipinski definition) is 1. The second-order valence-corrected chi connectivity index (χ2v) is 10.3. The van der Waals surface area contributed by atoms with Gasteiger partial charge in [0.2, 0.25) is 0 Å². The maximum atomic E-state index is 15.0. The molecule has 0 amide bonds. The second-order valence-electron chi connectivity index (χ2n) is 10.3. The van der Waals surface area contributed by atoms with Crippen LogP contribution in [-0.4, -0.2) is 11.7 Å². The molecule has 0 saturated heterocycles. The molecule has 39 heavy (non-hydrogen) atoms. The summed E-state index contributed by atoms with van der Waals surface area (Å²) in [4.78, 5) is 0. The number of aliphatic hydroxyl groups is 1. The molecule has 0 fully saturated rings. The second kappa shape index (κ2) is 13.7. The number of allylic oxidation sites excluding steroid dienone is 2. The van der Waals surface area contributed by atoms with E-state index in [1.165, 1.54) is 6.07 Å². The summed E-state index contributed by atoms with van der Waals surface area (Å²) in [7, 11) is 0. The Labute approximate surface area is 229 Å². The molecular weight excluding hydrogens is 497 g/mol. The van der Waals surface area contributed by atoms with Crippen LogP contribution in [0.3, 0.4) is 0 Å². The Balaban J connectivity index is 1.35. The van der Waals surface area contributed by atoms with E-state index in [1.807, 2.05) is 13.0 Å². The van der Waals surface area contributed by atoms with Crippen molar-refractivity contribution in [3.05, 3.63) is 107 Å². The molecule has 5 heteroatoms. The monoisotopic (exact) mass is 534 g/mol. The Kier molecular flexibility index (Phi) is 10.0. The van der Waals surface area contributed by atoms with E-state index in [4.69, 9.17) is 4.74 Å². The van der Waals surface area contributed by atoms with Gasteiger partial charge in [-0.1, -0.05) is 68.0 Å². The molecule has 206 valence electrons. The summed E-state index contributed by atoms with van der Waals surface area (Å²) < 4.78 is 49.9. The minimum absolute atomic E-state index is 0.224. The Bertz CT molecular complexity index is 1300. The van der Waals surface area contributed by atoms with Gasteiger partial charge in [0.05, 0.1) is 12.7 Å². The normalized spacial score (nSPS) is 16.0. The van der Waals surface area contributed by atoms with Crippen LogP contribution >= 0.6 is 0 Å². The lowest BCUT2D eigenvalue weighted by molar-refractivity contribution is 0.166.